The van der Waals surface area contributed by atoms with Crippen LogP contribution in [0.2, 0.25) is 5.02 Å². The Morgan fingerprint density at radius 1 is 1.20 bits per heavy atom. The van der Waals surface area contributed by atoms with E-state index in [0.29, 0.717) is 12.8 Å². The minimum absolute atomic E-state index is 0.0172. The molecule has 0 bridgehead atoms. The van der Waals surface area contributed by atoms with Crippen LogP contribution in [-0.4, -0.2) is 5.78 Å². The van der Waals surface area contributed by atoms with Gasteiger partial charge in [0.2, 0.25) is 0 Å². The Bertz CT molecular complexity index is 463. The van der Waals surface area contributed by atoms with Gasteiger partial charge in [0.15, 0.2) is 5.78 Å². The second-order valence-corrected chi connectivity index (χ2v) is 5.26. The molecule has 0 amide bonds. The van der Waals surface area contributed by atoms with Crippen molar-refractivity contribution in [3.8, 4) is 0 Å². The maximum Gasteiger partial charge on any atom is 0.417 e. The zero-order chi connectivity index (χ0) is 15.3. The fraction of sp³-hybridized carbons (Fsp3) is 0.533. The van der Waals surface area contributed by atoms with Crippen LogP contribution in [0.5, 0.6) is 0 Å². The quantitative estimate of drug-likeness (QED) is 0.611. The molecule has 1 aromatic rings. The first-order valence-corrected chi connectivity index (χ1v) is 7.10. The molecule has 0 radical (unpaired) electrons. The summed E-state index contributed by atoms with van der Waals surface area (Å²) in [5.74, 6) is -0.787. The monoisotopic (exact) mass is 306 g/mol. The number of alkyl halides is 3. The lowest BCUT2D eigenvalue weighted by atomic mass is 9.88. The Kier molecular flexibility index (Phi) is 6.06. The number of ketones is 1. The topological polar surface area (TPSA) is 17.1 Å². The highest BCUT2D eigenvalue weighted by Gasteiger charge is 2.36. The van der Waals surface area contributed by atoms with E-state index in [9.17, 15) is 18.0 Å². The van der Waals surface area contributed by atoms with Crippen molar-refractivity contribution < 1.29 is 18.0 Å². The van der Waals surface area contributed by atoms with Crippen LogP contribution < -0.4 is 0 Å². The summed E-state index contributed by atoms with van der Waals surface area (Å²) < 4.78 is 39.0. The van der Waals surface area contributed by atoms with Crippen molar-refractivity contribution in [2.45, 2.75) is 45.7 Å². The Labute approximate surface area is 122 Å². The van der Waals surface area contributed by atoms with Crippen LogP contribution in [0, 0.1) is 5.92 Å². The first-order chi connectivity index (χ1) is 9.31. The molecule has 0 atom stereocenters. The average Bonchev–Trinajstić information content (AvgIpc) is 2.36. The van der Waals surface area contributed by atoms with Crippen LogP contribution in [0.25, 0.3) is 0 Å². The summed E-state index contributed by atoms with van der Waals surface area (Å²) in [7, 11) is 0. The molecule has 0 aliphatic rings. The van der Waals surface area contributed by atoms with E-state index in [2.05, 4.69) is 0 Å². The molecule has 0 saturated heterocycles. The van der Waals surface area contributed by atoms with Crippen LogP contribution >= 0.6 is 11.6 Å². The minimum Gasteiger partial charge on any atom is -0.294 e. The Morgan fingerprint density at radius 3 is 2.20 bits per heavy atom. The summed E-state index contributed by atoms with van der Waals surface area (Å²) in [4.78, 5) is 12.4. The van der Waals surface area contributed by atoms with Crippen molar-refractivity contribution in [2.75, 3.05) is 0 Å². The van der Waals surface area contributed by atoms with E-state index in [4.69, 9.17) is 11.6 Å². The Balaban J connectivity index is 3.20. The number of hydrogen-bond donors (Lipinski definition) is 0. The number of carbonyl (C=O) groups excluding carboxylic acids is 1. The van der Waals surface area contributed by atoms with Crippen molar-refractivity contribution in [3.63, 3.8) is 0 Å². The minimum atomic E-state index is -4.57. The second-order valence-electron chi connectivity index (χ2n) is 4.83. The van der Waals surface area contributed by atoms with Gasteiger partial charge in [-0.3, -0.25) is 4.79 Å². The van der Waals surface area contributed by atoms with E-state index in [0.717, 1.165) is 18.9 Å². The van der Waals surface area contributed by atoms with Gasteiger partial charge in [0.1, 0.15) is 0 Å². The van der Waals surface area contributed by atoms with Gasteiger partial charge >= 0.3 is 6.18 Å². The van der Waals surface area contributed by atoms with Crippen LogP contribution in [0.4, 0.5) is 13.2 Å². The third-order valence-electron chi connectivity index (χ3n) is 3.20. The zero-order valence-electron chi connectivity index (χ0n) is 11.6. The van der Waals surface area contributed by atoms with Crippen molar-refractivity contribution in [3.05, 3.63) is 34.3 Å². The number of rotatable bonds is 6. The van der Waals surface area contributed by atoms with Gasteiger partial charge in [0.05, 0.1) is 5.56 Å². The van der Waals surface area contributed by atoms with E-state index in [1.807, 2.05) is 13.8 Å². The molecule has 0 aliphatic heterocycles. The van der Waals surface area contributed by atoms with Gasteiger partial charge in [-0.25, -0.2) is 0 Å². The molecule has 0 spiro atoms. The molecule has 112 valence electrons. The first kappa shape index (κ1) is 17.0. The molecule has 1 rings (SSSR count). The van der Waals surface area contributed by atoms with Crippen molar-refractivity contribution in [2.24, 2.45) is 5.92 Å². The highest BCUT2D eigenvalue weighted by atomic mass is 35.5. The maximum absolute atomic E-state index is 13.0. The molecule has 0 aromatic heterocycles. The van der Waals surface area contributed by atoms with Crippen molar-refractivity contribution in [1.82, 2.24) is 0 Å². The number of carbonyl (C=O) groups is 1. The molecular weight excluding hydrogens is 289 g/mol. The van der Waals surface area contributed by atoms with E-state index in [1.54, 1.807) is 0 Å². The number of benzene rings is 1. The molecule has 0 unspecified atom stereocenters. The maximum atomic E-state index is 13.0. The predicted octanol–water partition coefficient (Wildman–Crippen LogP) is 5.76. The second kappa shape index (κ2) is 7.11. The van der Waals surface area contributed by atoms with Crippen LogP contribution in [0.15, 0.2) is 18.2 Å². The highest BCUT2D eigenvalue weighted by Crippen LogP contribution is 2.35. The summed E-state index contributed by atoms with van der Waals surface area (Å²) in [6.07, 6.45) is -1.82. The number of Topliss-reactive ketones (excluding diaryl/α,β-unsaturated/α-hetero) is 1. The van der Waals surface area contributed by atoms with Gasteiger partial charge in [-0.05, 0) is 31.0 Å². The van der Waals surface area contributed by atoms with Crippen LogP contribution in [-0.2, 0) is 6.18 Å². The van der Waals surface area contributed by atoms with Gasteiger partial charge in [0.25, 0.3) is 0 Å². The molecule has 0 aliphatic carbocycles. The fourth-order valence-corrected chi connectivity index (χ4v) is 2.46. The highest BCUT2D eigenvalue weighted by molar-refractivity contribution is 6.30. The lowest BCUT2D eigenvalue weighted by Gasteiger charge is -2.18. The lowest BCUT2D eigenvalue weighted by Crippen LogP contribution is -2.20. The number of hydrogen-bond acceptors (Lipinski definition) is 1. The van der Waals surface area contributed by atoms with E-state index in [1.165, 1.54) is 12.1 Å². The smallest absolute Gasteiger partial charge is 0.294 e. The fourth-order valence-electron chi connectivity index (χ4n) is 2.29. The van der Waals surface area contributed by atoms with E-state index in [-0.39, 0.29) is 16.5 Å². The largest absolute Gasteiger partial charge is 0.417 e. The SMILES string of the molecule is CCCC(CCC)C(=O)c1ccc(Cl)cc1C(F)(F)F. The summed E-state index contributed by atoms with van der Waals surface area (Å²) in [6.45, 7) is 3.84. The standard InChI is InChI=1S/C15H18ClF3O/c1-3-5-10(6-4-2)14(20)12-8-7-11(16)9-13(12)15(17,18)19/h7-10H,3-6H2,1-2H3. The van der Waals surface area contributed by atoms with Gasteiger partial charge in [-0.15, -0.1) is 0 Å². The molecule has 0 heterocycles. The zero-order valence-corrected chi connectivity index (χ0v) is 12.3. The lowest BCUT2D eigenvalue weighted by molar-refractivity contribution is -0.137. The van der Waals surface area contributed by atoms with Crippen molar-refractivity contribution >= 4 is 17.4 Å². The van der Waals surface area contributed by atoms with Crippen LogP contribution in [0.3, 0.4) is 0 Å². The molecule has 1 aromatic carbocycles. The molecular formula is C15H18ClF3O. The van der Waals surface area contributed by atoms with Gasteiger partial charge in [-0.1, -0.05) is 38.3 Å². The molecule has 0 saturated carbocycles. The van der Waals surface area contributed by atoms with Crippen molar-refractivity contribution in [1.29, 1.82) is 0 Å². The van der Waals surface area contributed by atoms with E-state index >= 15 is 0 Å². The predicted molar refractivity (Wildman–Crippen MR) is 74.1 cm³/mol. The third kappa shape index (κ3) is 4.23. The molecule has 1 nitrogen and oxygen atoms in total. The molecule has 5 heteroatoms. The normalized spacial score (nSPS) is 11.9. The number of halogens is 4. The van der Waals surface area contributed by atoms with Gasteiger partial charge in [0, 0.05) is 16.5 Å². The summed E-state index contributed by atoms with van der Waals surface area (Å²) >= 11 is 5.62. The molecule has 0 fully saturated rings. The Hall–Kier alpha value is -1.03. The summed E-state index contributed by atoms with van der Waals surface area (Å²) in [5, 5.41) is -0.0172. The summed E-state index contributed by atoms with van der Waals surface area (Å²) in [5.41, 5.74) is -1.21. The van der Waals surface area contributed by atoms with Gasteiger partial charge < -0.3 is 0 Å². The summed E-state index contributed by atoms with van der Waals surface area (Å²) in [6, 6.07) is 3.34. The Morgan fingerprint density at radius 2 is 1.75 bits per heavy atom. The molecule has 20 heavy (non-hydrogen) atoms. The van der Waals surface area contributed by atoms with Gasteiger partial charge in [-0.2, -0.15) is 13.2 Å². The van der Waals surface area contributed by atoms with E-state index < -0.39 is 17.5 Å². The first-order valence-electron chi connectivity index (χ1n) is 6.72. The molecule has 0 N–H and O–H groups in total. The van der Waals surface area contributed by atoms with Crippen LogP contribution in [0.1, 0.15) is 55.5 Å². The third-order valence-corrected chi connectivity index (χ3v) is 3.43. The average molecular weight is 307 g/mol.